The molecule has 0 aliphatic carbocycles. The molecule has 76 valence electrons. The van der Waals surface area contributed by atoms with E-state index in [4.69, 9.17) is 17.3 Å². The van der Waals surface area contributed by atoms with E-state index in [2.05, 4.69) is 12.1 Å². The van der Waals surface area contributed by atoms with Gasteiger partial charge in [-0.2, -0.15) is 0 Å². The quantitative estimate of drug-likeness (QED) is 0.819. The van der Waals surface area contributed by atoms with Crippen LogP contribution in [0.3, 0.4) is 0 Å². The maximum absolute atomic E-state index is 6.18. The standard InChI is InChI=1S/C13H12ClN/c14-12-8-2-6-10-4-1-5-11(13(10)12)7-3-9-15/h1-8H,9,15H2. The van der Waals surface area contributed by atoms with Crippen LogP contribution < -0.4 is 5.73 Å². The van der Waals surface area contributed by atoms with E-state index < -0.39 is 0 Å². The van der Waals surface area contributed by atoms with Crippen molar-refractivity contribution in [2.24, 2.45) is 5.73 Å². The highest BCUT2D eigenvalue weighted by atomic mass is 35.5. The number of benzene rings is 2. The summed E-state index contributed by atoms with van der Waals surface area (Å²) in [5.41, 5.74) is 6.55. The van der Waals surface area contributed by atoms with Crippen LogP contribution in [0.2, 0.25) is 5.02 Å². The van der Waals surface area contributed by atoms with Gasteiger partial charge in [0.25, 0.3) is 0 Å². The van der Waals surface area contributed by atoms with Gasteiger partial charge in [-0.15, -0.1) is 0 Å². The molecule has 0 radical (unpaired) electrons. The molecule has 2 aromatic rings. The second-order valence-corrected chi connectivity index (χ2v) is 3.73. The first-order valence-electron chi connectivity index (χ1n) is 4.87. The smallest absolute Gasteiger partial charge is 0.0490 e. The van der Waals surface area contributed by atoms with Crippen molar-refractivity contribution in [3.05, 3.63) is 53.1 Å². The lowest BCUT2D eigenvalue weighted by Crippen LogP contribution is -1.92. The molecule has 2 rings (SSSR count). The monoisotopic (exact) mass is 217 g/mol. The SMILES string of the molecule is NCC=Cc1cccc2cccc(Cl)c12. The molecule has 0 bridgehead atoms. The topological polar surface area (TPSA) is 26.0 Å². The predicted octanol–water partition coefficient (Wildman–Crippen LogP) is 3.47. The molecule has 0 amide bonds. The zero-order valence-electron chi connectivity index (χ0n) is 8.28. The van der Waals surface area contributed by atoms with E-state index in [0.717, 1.165) is 21.4 Å². The molecule has 2 N–H and O–H groups in total. The van der Waals surface area contributed by atoms with E-state index in [9.17, 15) is 0 Å². The summed E-state index contributed by atoms with van der Waals surface area (Å²) < 4.78 is 0. The van der Waals surface area contributed by atoms with Crippen molar-refractivity contribution >= 4 is 28.4 Å². The normalized spacial score (nSPS) is 11.3. The minimum absolute atomic E-state index is 0.543. The number of hydrogen-bond donors (Lipinski definition) is 1. The van der Waals surface area contributed by atoms with Crippen LogP contribution in [-0.2, 0) is 0 Å². The third-order valence-corrected chi connectivity index (χ3v) is 2.63. The van der Waals surface area contributed by atoms with E-state index in [1.54, 1.807) is 0 Å². The molecule has 15 heavy (non-hydrogen) atoms. The fraction of sp³-hybridized carbons (Fsp3) is 0.0769. The Balaban J connectivity index is 2.68. The molecular weight excluding hydrogens is 206 g/mol. The first kappa shape index (κ1) is 10.2. The van der Waals surface area contributed by atoms with E-state index in [-0.39, 0.29) is 0 Å². The maximum Gasteiger partial charge on any atom is 0.0490 e. The van der Waals surface area contributed by atoms with Crippen molar-refractivity contribution in [1.82, 2.24) is 0 Å². The maximum atomic E-state index is 6.18. The Kier molecular flexibility index (Phi) is 3.05. The highest BCUT2D eigenvalue weighted by Gasteiger charge is 2.01. The largest absolute Gasteiger partial charge is 0.327 e. The predicted molar refractivity (Wildman–Crippen MR) is 67.0 cm³/mol. The molecule has 2 heteroatoms. The van der Waals surface area contributed by atoms with Gasteiger partial charge in [0.2, 0.25) is 0 Å². The van der Waals surface area contributed by atoms with Crippen LogP contribution in [0.1, 0.15) is 5.56 Å². The summed E-state index contributed by atoms with van der Waals surface area (Å²) in [6, 6.07) is 12.0. The Hall–Kier alpha value is -1.31. The van der Waals surface area contributed by atoms with Crippen molar-refractivity contribution in [3.63, 3.8) is 0 Å². The zero-order chi connectivity index (χ0) is 10.7. The van der Waals surface area contributed by atoms with Crippen molar-refractivity contribution in [2.45, 2.75) is 0 Å². The number of hydrogen-bond acceptors (Lipinski definition) is 1. The van der Waals surface area contributed by atoms with Crippen LogP contribution >= 0.6 is 11.6 Å². The lowest BCUT2D eigenvalue weighted by Gasteiger charge is -2.04. The van der Waals surface area contributed by atoms with Gasteiger partial charge < -0.3 is 5.73 Å². The highest BCUT2D eigenvalue weighted by Crippen LogP contribution is 2.27. The van der Waals surface area contributed by atoms with Crippen molar-refractivity contribution < 1.29 is 0 Å². The molecule has 0 atom stereocenters. The van der Waals surface area contributed by atoms with Gasteiger partial charge in [-0.25, -0.2) is 0 Å². The van der Waals surface area contributed by atoms with Crippen LogP contribution in [0.4, 0.5) is 0 Å². The van der Waals surface area contributed by atoms with Gasteiger partial charge >= 0.3 is 0 Å². The van der Waals surface area contributed by atoms with Gasteiger partial charge in [0.1, 0.15) is 0 Å². The Morgan fingerprint density at radius 1 is 1.13 bits per heavy atom. The zero-order valence-corrected chi connectivity index (χ0v) is 9.04. The Bertz CT molecular complexity index is 498. The first-order chi connectivity index (χ1) is 7.33. The van der Waals surface area contributed by atoms with Gasteiger partial charge in [0.05, 0.1) is 0 Å². The van der Waals surface area contributed by atoms with Crippen molar-refractivity contribution in [1.29, 1.82) is 0 Å². The third-order valence-electron chi connectivity index (χ3n) is 2.32. The summed E-state index contributed by atoms with van der Waals surface area (Å²) in [7, 11) is 0. The van der Waals surface area contributed by atoms with Gasteiger partial charge in [-0.3, -0.25) is 0 Å². The van der Waals surface area contributed by atoms with E-state index in [1.165, 1.54) is 0 Å². The summed E-state index contributed by atoms with van der Waals surface area (Å²) in [5, 5.41) is 3.03. The number of rotatable bonds is 2. The molecule has 0 saturated carbocycles. The Labute approximate surface area is 94.2 Å². The second-order valence-electron chi connectivity index (χ2n) is 3.32. The molecule has 0 unspecified atom stereocenters. The molecule has 0 aromatic heterocycles. The van der Waals surface area contributed by atoms with E-state index in [1.807, 2.05) is 36.4 Å². The molecule has 0 spiro atoms. The van der Waals surface area contributed by atoms with Crippen LogP contribution in [0.25, 0.3) is 16.8 Å². The van der Waals surface area contributed by atoms with Gasteiger partial charge in [-0.1, -0.05) is 54.1 Å². The second kappa shape index (κ2) is 4.47. The average molecular weight is 218 g/mol. The number of fused-ring (bicyclic) bond motifs is 1. The number of nitrogens with two attached hydrogens (primary N) is 1. The molecular formula is C13H12ClN. The molecule has 0 fully saturated rings. The fourth-order valence-electron chi connectivity index (χ4n) is 1.66. The lowest BCUT2D eigenvalue weighted by atomic mass is 10.0. The van der Waals surface area contributed by atoms with Crippen LogP contribution in [0.5, 0.6) is 0 Å². The Morgan fingerprint density at radius 2 is 1.87 bits per heavy atom. The average Bonchev–Trinajstić information content (AvgIpc) is 2.26. The summed E-state index contributed by atoms with van der Waals surface area (Å²) >= 11 is 6.18. The molecule has 1 nitrogen and oxygen atoms in total. The minimum atomic E-state index is 0.543. The van der Waals surface area contributed by atoms with Crippen molar-refractivity contribution in [3.8, 4) is 0 Å². The number of halogens is 1. The lowest BCUT2D eigenvalue weighted by molar-refractivity contribution is 1.26. The summed E-state index contributed by atoms with van der Waals surface area (Å²) in [5.74, 6) is 0. The van der Waals surface area contributed by atoms with Crippen molar-refractivity contribution in [2.75, 3.05) is 6.54 Å². The van der Waals surface area contributed by atoms with Crippen LogP contribution in [0.15, 0.2) is 42.5 Å². The first-order valence-corrected chi connectivity index (χ1v) is 5.24. The van der Waals surface area contributed by atoms with E-state index >= 15 is 0 Å². The summed E-state index contributed by atoms with van der Waals surface area (Å²) in [4.78, 5) is 0. The molecule has 0 aliphatic rings. The fourth-order valence-corrected chi connectivity index (χ4v) is 1.95. The molecule has 2 aromatic carbocycles. The molecule has 0 aliphatic heterocycles. The van der Waals surface area contributed by atoms with Crippen LogP contribution in [-0.4, -0.2) is 6.54 Å². The minimum Gasteiger partial charge on any atom is -0.327 e. The Morgan fingerprint density at radius 3 is 2.60 bits per heavy atom. The highest BCUT2D eigenvalue weighted by molar-refractivity contribution is 6.36. The van der Waals surface area contributed by atoms with E-state index in [0.29, 0.717) is 6.54 Å². The molecule has 0 heterocycles. The van der Waals surface area contributed by atoms with Gasteiger partial charge in [-0.05, 0) is 17.0 Å². The molecule has 0 saturated heterocycles. The summed E-state index contributed by atoms with van der Waals surface area (Å²) in [6.07, 6.45) is 3.94. The van der Waals surface area contributed by atoms with Gasteiger partial charge in [0.15, 0.2) is 0 Å². The van der Waals surface area contributed by atoms with Gasteiger partial charge in [0, 0.05) is 17.0 Å². The summed E-state index contributed by atoms with van der Waals surface area (Å²) in [6.45, 7) is 0.543. The van der Waals surface area contributed by atoms with Crippen LogP contribution in [0, 0.1) is 0 Å². The third kappa shape index (κ3) is 2.04.